The number of hydrogen-bond acceptors (Lipinski definition) is 3. The second-order valence-electron chi connectivity index (χ2n) is 5.10. The molecule has 0 aliphatic rings. The number of aliphatic hydroxyl groups excluding tert-OH is 1. The van der Waals surface area contributed by atoms with Crippen LogP contribution in [-0.2, 0) is 0 Å². The van der Waals surface area contributed by atoms with Gasteiger partial charge in [-0.3, -0.25) is 4.79 Å². The third-order valence-electron chi connectivity index (χ3n) is 3.41. The SMILES string of the molecule is CCC(CCO)NC(=O)c1ccc(-n2cc(C)cn2)cc1. The quantitative estimate of drug-likeness (QED) is 0.854. The highest BCUT2D eigenvalue weighted by Crippen LogP contribution is 2.10. The van der Waals surface area contributed by atoms with E-state index >= 15 is 0 Å². The molecule has 1 aromatic carbocycles. The molecule has 1 unspecified atom stereocenters. The van der Waals surface area contributed by atoms with Crippen LogP contribution in [0.25, 0.3) is 5.69 Å². The van der Waals surface area contributed by atoms with Crippen molar-refractivity contribution >= 4 is 5.91 Å². The highest BCUT2D eigenvalue weighted by molar-refractivity contribution is 5.94. The van der Waals surface area contributed by atoms with Gasteiger partial charge < -0.3 is 10.4 Å². The van der Waals surface area contributed by atoms with Gasteiger partial charge in [0.15, 0.2) is 0 Å². The first-order valence-electron chi connectivity index (χ1n) is 7.17. The number of carbonyl (C=O) groups is 1. The van der Waals surface area contributed by atoms with Crippen LogP contribution >= 0.6 is 0 Å². The fourth-order valence-corrected chi connectivity index (χ4v) is 2.12. The van der Waals surface area contributed by atoms with E-state index in [9.17, 15) is 4.79 Å². The van der Waals surface area contributed by atoms with Gasteiger partial charge in [0.2, 0.25) is 0 Å². The molecule has 0 radical (unpaired) electrons. The number of benzene rings is 1. The van der Waals surface area contributed by atoms with Crippen LogP contribution in [0.5, 0.6) is 0 Å². The van der Waals surface area contributed by atoms with Crippen LogP contribution in [0.3, 0.4) is 0 Å². The van der Waals surface area contributed by atoms with Gasteiger partial charge in [-0.05, 0) is 49.6 Å². The third kappa shape index (κ3) is 3.92. The number of nitrogens with one attached hydrogen (secondary N) is 1. The molecule has 2 rings (SSSR count). The van der Waals surface area contributed by atoms with E-state index < -0.39 is 0 Å². The lowest BCUT2D eigenvalue weighted by Crippen LogP contribution is -2.35. The summed E-state index contributed by atoms with van der Waals surface area (Å²) in [6, 6.07) is 7.32. The van der Waals surface area contributed by atoms with Crippen molar-refractivity contribution in [2.75, 3.05) is 6.61 Å². The normalized spacial score (nSPS) is 12.1. The molecule has 21 heavy (non-hydrogen) atoms. The van der Waals surface area contributed by atoms with E-state index in [4.69, 9.17) is 5.11 Å². The first-order valence-corrected chi connectivity index (χ1v) is 7.17. The number of aromatic nitrogens is 2. The number of amides is 1. The van der Waals surface area contributed by atoms with Gasteiger partial charge in [0.05, 0.1) is 11.9 Å². The summed E-state index contributed by atoms with van der Waals surface area (Å²) in [4.78, 5) is 12.1. The smallest absolute Gasteiger partial charge is 0.251 e. The second kappa shape index (κ2) is 7.04. The fourth-order valence-electron chi connectivity index (χ4n) is 2.12. The third-order valence-corrected chi connectivity index (χ3v) is 3.41. The molecule has 0 spiro atoms. The predicted molar refractivity (Wildman–Crippen MR) is 81.5 cm³/mol. The molecule has 112 valence electrons. The molecule has 1 amide bonds. The Kier molecular flexibility index (Phi) is 5.11. The van der Waals surface area contributed by atoms with Crippen LogP contribution in [0.15, 0.2) is 36.7 Å². The lowest BCUT2D eigenvalue weighted by atomic mass is 10.1. The molecular weight excluding hydrogens is 266 g/mol. The molecule has 1 heterocycles. The number of nitrogens with zero attached hydrogens (tertiary/aromatic N) is 2. The van der Waals surface area contributed by atoms with Crippen molar-refractivity contribution in [3.8, 4) is 5.69 Å². The molecule has 2 N–H and O–H groups in total. The summed E-state index contributed by atoms with van der Waals surface area (Å²) in [5, 5.41) is 16.1. The summed E-state index contributed by atoms with van der Waals surface area (Å²) in [5.74, 6) is -0.113. The average molecular weight is 287 g/mol. The standard InChI is InChI=1S/C16H21N3O2/c1-3-14(8-9-20)18-16(21)13-4-6-15(7-5-13)19-11-12(2)10-17-19/h4-7,10-11,14,20H,3,8-9H2,1-2H3,(H,18,21). The van der Waals surface area contributed by atoms with Crippen molar-refractivity contribution < 1.29 is 9.90 Å². The Morgan fingerprint density at radius 2 is 2.10 bits per heavy atom. The molecule has 5 nitrogen and oxygen atoms in total. The van der Waals surface area contributed by atoms with Crippen molar-refractivity contribution in [1.29, 1.82) is 0 Å². The Hall–Kier alpha value is -2.14. The Bertz CT molecular complexity index is 590. The maximum Gasteiger partial charge on any atom is 0.251 e. The van der Waals surface area contributed by atoms with Gasteiger partial charge >= 0.3 is 0 Å². The second-order valence-corrected chi connectivity index (χ2v) is 5.10. The summed E-state index contributed by atoms with van der Waals surface area (Å²) in [6.07, 6.45) is 5.11. The van der Waals surface area contributed by atoms with Gasteiger partial charge in [-0.25, -0.2) is 4.68 Å². The molecule has 0 fully saturated rings. The fraction of sp³-hybridized carbons (Fsp3) is 0.375. The van der Waals surface area contributed by atoms with Gasteiger partial charge in [0.25, 0.3) is 5.91 Å². The van der Waals surface area contributed by atoms with Crippen LogP contribution in [0.2, 0.25) is 0 Å². The maximum atomic E-state index is 12.1. The van der Waals surface area contributed by atoms with Crippen LogP contribution < -0.4 is 5.32 Å². The van der Waals surface area contributed by atoms with Crippen molar-refractivity contribution in [2.45, 2.75) is 32.7 Å². The summed E-state index contributed by atoms with van der Waals surface area (Å²) in [6.45, 7) is 4.05. The minimum atomic E-state index is -0.113. The Morgan fingerprint density at radius 3 is 2.62 bits per heavy atom. The Labute approximate surface area is 124 Å². The summed E-state index contributed by atoms with van der Waals surface area (Å²) in [5.41, 5.74) is 2.62. The van der Waals surface area contributed by atoms with Crippen molar-refractivity contribution in [3.63, 3.8) is 0 Å². The number of rotatable bonds is 6. The van der Waals surface area contributed by atoms with Gasteiger partial charge in [0.1, 0.15) is 0 Å². The zero-order valence-electron chi connectivity index (χ0n) is 12.4. The molecule has 5 heteroatoms. The molecule has 1 aromatic heterocycles. The van der Waals surface area contributed by atoms with E-state index in [-0.39, 0.29) is 18.6 Å². The van der Waals surface area contributed by atoms with Crippen molar-refractivity contribution in [2.24, 2.45) is 0 Å². The molecule has 1 atom stereocenters. The lowest BCUT2D eigenvalue weighted by Gasteiger charge is -2.15. The van der Waals surface area contributed by atoms with E-state index in [0.29, 0.717) is 12.0 Å². The van der Waals surface area contributed by atoms with E-state index in [2.05, 4.69) is 10.4 Å². The molecule has 0 bridgehead atoms. The summed E-state index contributed by atoms with van der Waals surface area (Å²) in [7, 11) is 0. The van der Waals surface area contributed by atoms with Gasteiger partial charge in [0, 0.05) is 24.4 Å². The average Bonchev–Trinajstić information content (AvgIpc) is 2.93. The highest BCUT2D eigenvalue weighted by atomic mass is 16.3. The molecule has 2 aromatic rings. The number of aryl methyl sites for hydroxylation is 1. The van der Waals surface area contributed by atoms with E-state index in [1.165, 1.54) is 0 Å². The van der Waals surface area contributed by atoms with Crippen molar-refractivity contribution in [1.82, 2.24) is 15.1 Å². The van der Waals surface area contributed by atoms with E-state index in [1.807, 2.05) is 32.2 Å². The van der Waals surface area contributed by atoms with Crippen LogP contribution in [-0.4, -0.2) is 33.4 Å². The minimum absolute atomic E-state index is 0.0101. The number of hydrogen-bond donors (Lipinski definition) is 2. The van der Waals surface area contributed by atoms with Crippen molar-refractivity contribution in [3.05, 3.63) is 47.8 Å². The number of aliphatic hydroxyl groups is 1. The van der Waals surface area contributed by atoms with Crippen LogP contribution in [0, 0.1) is 6.92 Å². The van der Waals surface area contributed by atoms with Gasteiger partial charge in [-0.1, -0.05) is 6.92 Å². The van der Waals surface area contributed by atoms with E-state index in [0.717, 1.165) is 17.7 Å². The van der Waals surface area contributed by atoms with Crippen LogP contribution in [0.1, 0.15) is 35.7 Å². The first kappa shape index (κ1) is 15.3. The zero-order chi connectivity index (χ0) is 15.2. The number of carbonyl (C=O) groups excluding carboxylic acids is 1. The highest BCUT2D eigenvalue weighted by Gasteiger charge is 2.11. The Morgan fingerprint density at radius 1 is 1.38 bits per heavy atom. The summed E-state index contributed by atoms with van der Waals surface area (Å²) < 4.78 is 1.78. The van der Waals surface area contributed by atoms with Crippen LogP contribution in [0.4, 0.5) is 0 Å². The Balaban J connectivity index is 2.06. The maximum absolute atomic E-state index is 12.1. The molecule has 0 aliphatic carbocycles. The predicted octanol–water partition coefficient (Wildman–Crippen LogP) is 2.07. The molecule has 0 aliphatic heterocycles. The topological polar surface area (TPSA) is 67.2 Å². The molecule has 0 saturated heterocycles. The minimum Gasteiger partial charge on any atom is -0.396 e. The first-order chi connectivity index (χ1) is 10.1. The molecular formula is C16H21N3O2. The molecule has 0 saturated carbocycles. The summed E-state index contributed by atoms with van der Waals surface area (Å²) >= 11 is 0. The zero-order valence-corrected chi connectivity index (χ0v) is 12.4. The van der Waals surface area contributed by atoms with E-state index in [1.54, 1.807) is 23.0 Å². The van der Waals surface area contributed by atoms with Gasteiger partial charge in [-0.15, -0.1) is 0 Å². The van der Waals surface area contributed by atoms with Gasteiger partial charge in [-0.2, -0.15) is 5.10 Å². The monoisotopic (exact) mass is 287 g/mol. The lowest BCUT2D eigenvalue weighted by molar-refractivity contribution is 0.0929. The largest absolute Gasteiger partial charge is 0.396 e.